The monoisotopic (exact) mass is 548 g/mol. The van der Waals surface area contributed by atoms with Gasteiger partial charge in [0.25, 0.3) is 0 Å². The zero-order valence-corrected chi connectivity index (χ0v) is 25.8. The predicted octanol–water partition coefficient (Wildman–Crippen LogP) is 8.80. The Bertz CT molecular complexity index is 1090. The molecule has 9 atom stereocenters. The van der Waals surface area contributed by atoms with E-state index in [2.05, 4.69) is 40.7 Å². The Morgan fingerprint density at radius 2 is 1.68 bits per heavy atom. The molecule has 220 valence electrons. The van der Waals surface area contributed by atoms with E-state index in [9.17, 15) is 9.59 Å². The lowest BCUT2D eigenvalue weighted by molar-refractivity contribution is -0.149. The summed E-state index contributed by atoms with van der Waals surface area (Å²) in [4.78, 5) is 25.2. The third-order valence-electron chi connectivity index (χ3n) is 11.8. The van der Waals surface area contributed by atoms with Crippen molar-refractivity contribution in [3.05, 3.63) is 47.5 Å². The van der Waals surface area contributed by atoms with Crippen molar-refractivity contribution in [2.45, 2.75) is 118 Å². The van der Waals surface area contributed by atoms with Gasteiger partial charge < -0.3 is 9.47 Å². The van der Waals surface area contributed by atoms with Gasteiger partial charge in [-0.15, -0.1) is 0 Å². The van der Waals surface area contributed by atoms with E-state index in [4.69, 9.17) is 9.47 Å². The molecule has 40 heavy (non-hydrogen) atoms. The lowest BCUT2D eigenvalue weighted by atomic mass is 9.46. The Morgan fingerprint density at radius 1 is 0.925 bits per heavy atom. The number of benzene rings is 1. The third-order valence-corrected chi connectivity index (χ3v) is 11.8. The average molecular weight is 549 g/mol. The molecular weight excluding hydrogens is 496 g/mol. The van der Waals surface area contributed by atoms with E-state index in [0.29, 0.717) is 28.7 Å². The van der Waals surface area contributed by atoms with Crippen molar-refractivity contribution in [1.82, 2.24) is 0 Å². The molecule has 0 aliphatic heterocycles. The second kappa shape index (κ2) is 11.6. The number of fused-ring (bicyclic) bond motifs is 5. The molecule has 0 unspecified atom stereocenters. The lowest BCUT2D eigenvalue weighted by Gasteiger charge is -2.59. The summed E-state index contributed by atoms with van der Waals surface area (Å²) in [6.45, 7) is 13.7. The van der Waals surface area contributed by atoms with Crippen LogP contribution in [0.5, 0.6) is 0 Å². The van der Waals surface area contributed by atoms with Gasteiger partial charge in [0.15, 0.2) is 0 Å². The quantitative estimate of drug-likeness (QED) is 0.241. The molecular formula is C36H52O4. The first-order valence-corrected chi connectivity index (χ1v) is 16.2. The van der Waals surface area contributed by atoms with Crippen molar-refractivity contribution in [3.8, 4) is 0 Å². The number of hydrogen-bond donors (Lipinski definition) is 0. The van der Waals surface area contributed by atoms with Gasteiger partial charge in [-0.1, -0.05) is 77.7 Å². The average Bonchev–Trinajstić information content (AvgIpc) is 3.26. The number of rotatable bonds is 8. The molecule has 1 aromatic rings. The molecule has 4 heteroatoms. The van der Waals surface area contributed by atoms with Crippen LogP contribution in [0.25, 0.3) is 0 Å². The molecule has 0 N–H and O–H groups in total. The highest BCUT2D eigenvalue weighted by molar-refractivity contribution is 5.89. The summed E-state index contributed by atoms with van der Waals surface area (Å²) in [5.74, 6) is 3.23. The molecule has 1 aromatic carbocycles. The van der Waals surface area contributed by atoms with Gasteiger partial charge in [-0.05, 0) is 97.2 Å². The maximum Gasteiger partial charge on any atom is 0.338 e. The van der Waals surface area contributed by atoms with Crippen molar-refractivity contribution in [1.29, 1.82) is 0 Å². The topological polar surface area (TPSA) is 52.6 Å². The first kappa shape index (κ1) is 29.4. The van der Waals surface area contributed by atoms with Gasteiger partial charge in [-0.3, -0.25) is 4.79 Å². The molecule has 0 spiro atoms. The van der Waals surface area contributed by atoms with Crippen LogP contribution in [0, 0.1) is 46.3 Å². The summed E-state index contributed by atoms with van der Waals surface area (Å²) in [5, 5.41) is 0. The van der Waals surface area contributed by atoms with Gasteiger partial charge in [-0.2, -0.15) is 0 Å². The van der Waals surface area contributed by atoms with E-state index in [0.717, 1.165) is 37.0 Å². The predicted molar refractivity (Wildman–Crippen MR) is 160 cm³/mol. The molecule has 5 rings (SSSR count). The molecule has 4 aliphatic rings. The fraction of sp³-hybridized carbons (Fsp3) is 0.722. The Morgan fingerprint density at radius 3 is 2.38 bits per heavy atom. The second-order valence-corrected chi connectivity index (χ2v) is 14.6. The SMILES string of the molecule is CC(=O)O[C@@H]1CC[C@]2(C)C(=C[C@@H](OC(=O)c3ccccc3)[C@H]3[C@@H]4CC[C@@H]([C@H](C)CCCC(C)C)[C@@]4(C)CC[C@@H]32)C1. The number of carbonyl (C=O) groups excluding carboxylic acids is 2. The zero-order valence-electron chi connectivity index (χ0n) is 25.8. The highest BCUT2D eigenvalue weighted by Crippen LogP contribution is 2.67. The van der Waals surface area contributed by atoms with Crippen molar-refractivity contribution < 1.29 is 19.1 Å². The van der Waals surface area contributed by atoms with Gasteiger partial charge >= 0.3 is 11.9 Å². The Kier molecular flexibility index (Phi) is 8.56. The maximum absolute atomic E-state index is 13.4. The summed E-state index contributed by atoms with van der Waals surface area (Å²) < 4.78 is 12.2. The van der Waals surface area contributed by atoms with Crippen LogP contribution in [0.3, 0.4) is 0 Å². The number of ether oxygens (including phenoxy) is 2. The maximum atomic E-state index is 13.4. The smallest absolute Gasteiger partial charge is 0.338 e. The fourth-order valence-electron chi connectivity index (χ4n) is 9.83. The lowest BCUT2D eigenvalue weighted by Crippen LogP contribution is -2.55. The van der Waals surface area contributed by atoms with Crippen molar-refractivity contribution >= 4 is 11.9 Å². The van der Waals surface area contributed by atoms with Gasteiger partial charge in [0.1, 0.15) is 12.2 Å². The number of esters is 2. The highest BCUT2D eigenvalue weighted by atomic mass is 16.5. The minimum atomic E-state index is -0.225. The molecule has 4 aliphatic carbocycles. The summed E-state index contributed by atoms with van der Waals surface area (Å²) in [7, 11) is 0. The van der Waals surface area contributed by atoms with Crippen LogP contribution in [-0.4, -0.2) is 24.1 Å². The van der Waals surface area contributed by atoms with Crippen LogP contribution in [0.15, 0.2) is 42.0 Å². The van der Waals surface area contributed by atoms with Crippen LogP contribution in [0.4, 0.5) is 0 Å². The summed E-state index contributed by atoms with van der Waals surface area (Å²) in [6.07, 6.45) is 13.7. The summed E-state index contributed by atoms with van der Waals surface area (Å²) in [5.41, 5.74) is 2.34. The van der Waals surface area contributed by atoms with Gasteiger partial charge in [-0.25, -0.2) is 4.79 Å². The van der Waals surface area contributed by atoms with E-state index in [-0.39, 0.29) is 29.6 Å². The van der Waals surface area contributed by atoms with Gasteiger partial charge in [0.05, 0.1) is 5.56 Å². The first-order chi connectivity index (χ1) is 19.0. The van der Waals surface area contributed by atoms with E-state index in [1.54, 1.807) is 0 Å². The van der Waals surface area contributed by atoms with Crippen molar-refractivity contribution in [2.75, 3.05) is 0 Å². The minimum Gasteiger partial charge on any atom is -0.462 e. The van der Waals surface area contributed by atoms with Crippen LogP contribution < -0.4 is 0 Å². The molecule has 0 aromatic heterocycles. The molecule has 3 saturated carbocycles. The van der Waals surface area contributed by atoms with E-state index >= 15 is 0 Å². The third kappa shape index (κ3) is 5.53. The standard InChI is InChI=1S/C36H52O4/c1-23(2)11-10-12-24(3)29-15-16-30-33-31(18-20-36(29,30)6)35(5)19-17-28(39-25(4)37)21-27(35)22-32(33)40-34(38)26-13-8-7-9-14-26/h7-9,13-14,22-24,28-33H,10-12,15-21H2,1-6H3/t24-,28-,29+,30+,31+,32-,33+,35-,36-/m1/s1. The highest BCUT2D eigenvalue weighted by Gasteiger charge is 2.62. The Balaban J connectivity index is 1.45. The number of carbonyl (C=O) groups is 2. The first-order valence-electron chi connectivity index (χ1n) is 16.2. The summed E-state index contributed by atoms with van der Waals surface area (Å²) in [6, 6.07) is 9.45. The van der Waals surface area contributed by atoms with E-state index < -0.39 is 0 Å². The molecule has 0 amide bonds. The molecule has 0 bridgehead atoms. The van der Waals surface area contributed by atoms with Crippen LogP contribution in [0.1, 0.15) is 116 Å². The second-order valence-electron chi connectivity index (χ2n) is 14.6. The molecule has 0 heterocycles. The zero-order chi connectivity index (χ0) is 28.7. The van der Waals surface area contributed by atoms with Crippen LogP contribution >= 0.6 is 0 Å². The fourth-order valence-corrected chi connectivity index (χ4v) is 9.83. The molecule has 0 radical (unpaired) electrons. The largest absolute Gasteiger partial charge is 0.462 e. The van der Waals surface area contributed by atoms with Gasteiger partial charge in [0, 0.05) is 19.3 Å². The minimum absolute atomic E-state index is 0.0738. The molecule has 4 nitrogen and oxygen atoms in total. The van der Waals surface area contributed by atoms with Crippen LogP contribution in [0.2, 0.25) is 0 Å². The normalized spacial score (nSPS) is 37.5. The molecule has 3 fully saturated rings. The van der Waals surface area contributed by atoms with Crippen molar-refractivity contribution in [2.24, 2.45) is 46.3 Å². The van der Waals surface area contributed by atoms with Crippen LogP contribution in [-0.2, 0) is 14.3 Å². The molecule has 0 saturated heterocycles. The van der Waals surface area contributed by atoms with Crippen molar-refractivity contribution in [3.63, 3.8) is 0 Å². The van der Waals surface area contributed by atoms with E-state index in [1.165, 1.54) is 57.4 Å². The van der Waals surface area contributed by atoms with E-state index in [1.807, 2.05) is 30.3 Å². The Hall–Kier alpha value is -2.10. The van der Waals surface area contributed by atoms with Gasteiger partial charge in [0.2, 0.25) is 0 Å². The number of hydrogen-bond acceptors (Lipinski definition) is 4. The summed E-state index contributed by atoms with van der Waals surface area (Å²) >= 11 is 0. The Labute approximate surface area is 242 Å².